The average molecular weight is 265 g/mol. The number of halogens is 1. The molecule has 0 saturated heterocycles. The van der Waals surface area contributed by atoms with Gasteiger partial charge >= 0.3 is 0 Å². The lowest BCUT2D eigenvalue weighted by Crippen LogP contribution is -1.94. The average Bonchev–Trinajstić information content (AvgIpc) is 2.27. The molecule has 2 aromatic rings. The second-order valence-corrected chi connectivity index (χ2v) is 4.35. The maximum Gasteiger partial charge on any atom is 0.126 e. The Hall–Kier alpha value is -1.09. The van der Waals surface area contributed by atoms with Gasteiger partial charge in [0.2, 0.25) is 0 Å². The predicted octanol–water partition coefficient (Wildman–Crippen LogP) is 3.60. The smallest absolute Gasteiger partial charge is 0.126 e. The lowest BCUT2D eigenvalue weighted by atomic mass is 10.1. The lowest BCUT2D eigenvalue weighted by Gasteiger charge is -2.07. The van der Waals surface area contributed by atoms with Gasteiger partial charge in [-0.3, -0.25) is 0 Å². The highest BCUT2D eigenvalue weighted by Gasteiger charge is 2.03. The van der Waals surface area contributed by atoms with E-state index in [2.05, 4.69) is 51.4 Å². The minimum atomic E-state index is 0.916. The van der Waals surface area contributed by atoms with Gasteiger partial charge in [-0.15, -0.1) is 0 Å². The zero-order valence-electron chi connectivity index (χ0n) is 8.84. The fourth-order valence-electron chi connectivity index (χ4n) is 1.68. The van der Waals surface area contributed by atoms with Gasteiger partial charge in [0.25, 0.3) is 0 Å². The fourth-order valence-corrected chi connectivity index (χ4v) is 2.20. The lowest BCUT2D eigenvalue weighted by molar-refractivity contribution is 1.14. The SMILES string of the molecule is CCc1cc(Br)cc2ccc(NC)nc12. The summed E-state index contributed by atoms with van der Waals surface area (Å²) in [7, 11) is 1.89. The third-order valence-corrected chi connectivity index (χ3v) is 2.93. The molecule has 0 atom stereocenters. The van der Waals surface area contributed by atoms with Crippen LogP contribution < -0.4 is 5.32 Å². The van der Waals surface area contributed by atoms with Crippen molar-refractivity contribution < 1.29 is 0 Å². The van der Waals surface area contributed by atoms with Crippen molar-refractivity contribution in [1.82, 2.24) is 4.98 Å². The van der Waals surface area contributed by atoms with Crippen LogP contribution in [0.4, 0.5) is 5.82 Å². The van der Waals surface area contributed by atoms with Gasteiger partial charge in [-0.2, -0.15) is 0 Å². The molecule has 2 rings (SSSR count). The summed E-state index contributed by atoms with van der Waals surface area (Å²) in [5.74, 6) is 0.916. The summed E-state index contributed by atoms with van der Waals surface area (Å²) in [5.41, 5.74) is 2.36. The van der Waals surface area contributed by atoms with Gasteiger partial charge in [0.15, 0.2) is 0 Å². The number of hydrogen-bond donors (Lipinski definition) is 1. The highest BCUT2D eigenvalue weighted by molar-refractivity contribution is 9.10. The Morgan fingerprint density at radius 1 is 1.33 bits per heavy atom. The van der Waals surface area contributed by atoms with Crippen LogP contribution in [-0.2, 0) is 6.42 Å². The zero-order valence-corrected chi connectivity index (χ0v) is 10.4. The van der Waals surface area contributed by atoms with Crippen molar-refractivity contribution in [2.45, 2.75) is 13.3 Å². The van der Waals surface area contributed by atoms with E-state index in [1.807, 2.05) is 13.1 Å². The Labute approximate surface area is 97.8 Å². The third kappa shape index (κ3) is 1.97. The molecule has 0 bridgehead atoms. The van der Waals surface area contributed by atoms with E-state index in [0.29, 0.717) is 0 Å². The van der Waals surface area contributed by atoms with Crippen LogP contribution in [0.5, 0.6) is 0 Å². The molecule has 1 N–H and O–H groups in total. The molecule has 0 radical (unpaired) electrons. The Bertz CT molecular complexity index is 494. The molecule has 1 heterocycles. The van der Waals surface area contributed by atoms with Gasteiger partial charge in [0.05, 0.1) is 5.52 Å². The summed E-state index contributed by atoms with van der Waals surface area (Å²) in [4.78, 5) is 4.57. The van der Waals surface area contributed by atoms with Gasteiger partial charge in [-0.05, 0) is 36.2 Å². The van der Waals surface area contributed by atoms with Crippen molar-refractivity contribution in [3.8, 4) is 0 Å². The largest absolute Gasteiger partial charge is 0.373 e. The highest BCUT2D eigenvalue weighted by atomic mass is 79.9. The number of anilines is 1. The van der Waals surface area contributed by atoms with Crippen LogP contribution >= 0.6 is 15.9 Å². The van der Waals surface area contributed by atoms with Crippen LogP contribution in [0.2, 0.25) is 0 Å². The molecule has 0 amide bonds. The number of pyridine rings is 1. The molecular weight excluding hydrogens is 252 g/mol. The van der Waals surface area contributed by atoms with Crippen LogP contribution in [-0.4, -0.2) is 12.0 Å². The summed E-state index contributed by atoms with van der Waals surface area (Å²) in [6, 6.07) is 8.32. The summed E-state index contributed by atoms with van der Waals surface area (Å²) in [6.07, 6.45) is 0.996. The molecule has 0 aliphatic rings. The van der Waals surface area contributed by atoms with Crippen molar-refractivity contribution in [2.24, 2.45) is 0 Å². The molecule has 0 spiro atoms. The van der Waals surface area contributed by atoms with Crippen molar-refractivity contribution in [2.75, 3.05) is 12.4 Å². The van der Waals surface area contributed by atoms with Crippen molar-refractivity contribution in [3.63, 3.8) is 0 Å². The number of rotatable bonds is 2. The zero-order chi connectivity index (χ0) is 10.8. The van der Waals surface area contributed by atoms with Crippen molar-refractivity contribution >= 4 is 32.7 Å². The first-order valence-corrected chi connectivity index (χ1v) is 5.81. The Morgan fingerprint density at radius 2 is 2.13 bits per heavy atom. The summed E-state index contributed by atoms with van der Waals surface area (Å²) in [5, 5.41) is 4.24. The summed E-state index contributed by atoms with van der Waals surface area (Å²) in [6.45, 7) is 2.15. The first kappa shape index (κ1) is 10.4. The summed E-state index contributed by atoms with van der Waals surface area (Å²) >= 11 is 3.52. The molecule has 1 aromatic heterocycles. The topological polar surface area (TPSA) is 24.9 Å². The number of aryl methyl sites for hydroxylation is 1. The van der Waals surface area contributed by atoms with E-state index in [1.165, 1.54) is 10.9 Å². The molecule has 78 valence electrons. The maximum atomic E-state index is 4.57. The number of nitrogens with zero attached hydrogens (tertiary/aromatic N) is 1. The van der Waals surface area contributed by atoms with Gasteiger partial charge in [0.1, 0.15) is 5.82 Å². The standard InChI is InChI=1S/C12H13BrN2/c1-3-8-6-10(13)7-9-4-5-11(14-2)15-12(8)9/h4-7H,3H2,1-2H3,(H,14,15). The number of nitrogens with one attached hydrogen (secondary N) is 1. The highest BCUT2D eigenvalue weighted by Crippen LogP contribution is 2.24. The molecule has 3 heteroatoms. The molecule has 2 nitrogen and oxygen atoms in total. The number of fused-ring (bicyclic) bond motifs is 1. The van der Waals surface area contributed by atoms with Crippen LogP contribution in [0.1, 0.15) is 12.5 Å². The second-order valence-electron chi connectivity index (χ2n) is 3.44. The quantitative estimate of drug-likeness (QED) is 0.897. The Morgan fingerprint density at radius 3 is 2.80 bits per heavy atom. The third-order valence-electron chi connectivity index (χ3n) is 2.47. The van der Waals surface area contributed by atoms with E-state index in [1.54, 1.807) is 0 Å². The number of aromatic nitrogens is 1. The van der Waals surface area contributed by atoms with Crippen LogP contribution in [0.15, 0.2) is 28.7 Å². The van der Waals surface area contributed by atoms with E-state index in [4.69, 9.17) is 0 Å². The Balaban J connectivity index is 2.73. The minimum Gasteiger partial charge on any atom is -0.373 e. The van der Waals surface area contributed by atoms with E-state index in [9.17, 15) is 0 Å². The molecule has 1 aromatic carbocycles. The summed E-state index contributed by atoms with van der Waals surface area (Å²) < 4.78 is 1.12. The molecule has 0 aliphatic carbocycles. The van der Waals surface area contributed by atoms with E-state index < -0.39 is 0 Å². The monoisotopic (exact) mass is 264 g/mol. The van der Waals surface area contributed by atoms with Gasteiger partial charge < -0.3 is 5.32 Å². The van der Waals surface area contributed by atoms with Gasteiger partial charge in [-0.25, -0.2) is 4.98 Å². The Kier molecular flexibility index (Phi) is 2.91. The van der Waals surface area contributed by atoms with E-state index >= 15 is 0 Å². The fraction of sp³-hybridized carbons (Fsp3) is 0.250. The van der Waals surface area contributed by atoms with Crippen LogP contribution in [0.3, 0.4) is 0 Å². The maximum absolute atomic E-state index is 4.57. The molecular formula is C12H13BrN2. The first-order valence-electron chi connectivity index (χ1n) is 5.01. The second kappa shape index (κ2) is 4.19. The number of benzene rings is 1. The molecule has 15 heavy (non-hydrogen) atoms. The normalized spacial score (nSPS) is 10.6. The van der Waals surface area contributed by atoms with Crippen molar-refractivity contribution in [1.29, 1.82) is 0 Å². The molecule has 0 aliphatic heterocycles. The molecule has 0 fully saturated rings. The first-order chi connectivity index (χ1) is 7.24. The van der Waals surface area contributed by atoms with E-state index in [-0.39, 0.29) is 0 Å². The van der Waals surface area contributed by atoms with Gasteiger partial charge in [-0.1, -0.05) is 22.9 Å². The van der Waals surface area contributed by atoms with Crippen LogP contribution in [0, 0.1) is 0 Å². The minimum absolute atomic E-state index is 0.916. The molecule has 0 saturated carbocycles. The van der Waals surface area contributed by atoms with E-state index in [0.717, 1.165) is 22.2 Å². The van der Waals surface area contributed by atoms with Gasteiger partial charge in [0, 0.05) is 16.9 Å². The number of hydrogen-bond acceptors (Lipinski definition) is 2. The van der Waals surface area contributed by atoms with Crippen LogP contribution in [0.25, 0.3) is 10.9 Å². The van der Waals surface area contributed by atoms with Crippen molar-refractivity contribution in [3.05, 3.63) is 34.3 Å². The molecule has 0 unspecified atom stereocenters. The predicted molar refractivity (Wildman–Crippen MR) is 68.4 cm³/mol.